The van der Waals surface area contributed by atoms with E-state index in [4.69, 9.17) is 16.3 Å². The van der Waals surface area contributed by atoms with Gasteiger partial charge in [-0.05, 0) is 35.6 Å². The summed E-state index contributed by atoms with van der Waals surface area (Å²) in [6, 6.07) is 11.5. The molecule has 0 spiro atoms. The number of nitrogens with one attached hydrogen (secondary N) is 1. The summed E-state index contributed by atoms with van der Waals surface area (Å²) in [5.74, 6) is 0.349. The topological polar surface area (TPSA) is 55.4 Å². The molecule has 4 nitrogen and oxygen atoms in total. The first-order valence-corrected chi connectivity index (χ1v) is 9.81. The molecule has 0 unspecified atom stereocenters. The zero-order valence-electron chi connectivity index (χ0n) is 13.0. The normalized spacial score (nSPS) is 10.4. The predicted octanol–water partition coefficient (Wildman–Crippen LogP) is 3.54. The third-order valence-corrected chi connectivity index (χ3v) is 5.28. The highest BCUT2D eigenvalue weighted by Crippen LogP contribution is 2.17. The number of hydrogen-bond donors (Lipinski definition) is 1. The molecule has 7 heteroatoms. The monoisotopic (exact) mass is 383 g/mol. The molecule has 1 N–H and O–H groups in total. The van der Waals surface area contributed by atoms with Crippen LogP contribution in [0.15, 0.2) is 41.8 Å². The molecule has 1 aromatic carbocycles. The lowest BCUT2D eigenvalue weighted by atomic mass is 10.1. The molecule has 0 aliphatic carbocycles. The van der Waals surface area contributed by atoms with Crippen LogP contribution in [0.25, 0.3) is 0 Å². The van der Waals surface area contributed by atoms with Crippen LogP contribution in [0.5, 0.6) is 0 Å². The quantitative estimate of drug-likeness (QED) is 0.673. The Hall–Kier alpha value is -1.50. The van der Waals surface area contributed by atoms with Gasteiger partial charge in [-0.3, -0.25) is 9.59 Å². The van der Waals surface area contributed by atoms with Crippen molar-refractivity contribution in [3.05, 3.63) is 57.2 Å². The number of thiophene rings is 1. The van der Waals surface area contributed by atoms with E-state index in [1.807, 2.05) is 35.7 Å². The lowest BCUT2D eigenvalue weighted by Crippen LogP contribution is -2.30. The second-order valence-electron chi connectivity index (χ2n) is 4.96. The highest BCUT2D eigenvalue weighted by atomic mass is 35.5. The van der Waals surface area contributed by atoms with E-state index in [0.717, 1.165) is 11.3 Å². The fraction of sp³-hybridized carbons (Fsp3) is 0.294. The molecule has 2 aromatic rings. The van der Waals surface area contributed by atoms with Gasteiger partial charge in [0.15, 0.2) is 6.61 Å². The number of carbonyl (C=O) groups is 2. The van der Waals surface area contributed by atoms with Crippen molar-refractivity contribution >= 4 is 46.6 Å². The molecule has 2 rings (SSSR count). The van der Waals surface area contributed by atoms with Crippen molar-refractivity contribution in [3.8, 4) is 0 Å². The number of benzene rings is 1. The van der Waals surface area contributed by atoms with Gasteiger partial charge < -0.3 is 10.1 Å². The summed E-state index contributed by atoms with van der Waals surface area (Å²) in [6.45, 7) is 0.234. The van der Waals surface area contributed by atoms with Crippen molar-refractivity contribution in [2.45, 2.75) is 12.2 Å². The van der Waals surface area contributed by atoms with Crippen LogP contribution in [0.4, 0.5) is 0 Å². The zero-order chi connectivity index (χ0) is 17.2. The minimum atomic E-state index is -0.374. The fourth-order valence-corrected chi connectivity index (χ4v) is 3.78. The second-order valence-corrected chi connectivity index (χ2v) is 7.42. The summed E-state index contributed by atoms with van der Waals surface area (Å²) < 4.78 is 4.96. The van der Waals surface area contributed by atoms with E-state index in [1.54, 1.807) is 17.4 Å². The van der Waals surface area contributed by atoms with Crippen molar-refractivity contribution in [1.29, 1.82) is 0 Å². The number of thioether (sulfide) groups is 1. The Bertz CT molecular complexity index is 662. The van der Waals surface area contributed by atoms with Crippen LogP contribution in [0.1, 0.15) is 10.4 Å². The predicted molar refractivity (Wildman–Crippen MR) is 99.6 cm³/mol. The first-order valence-electron chi connectivity index (χ1n) is 7.40. The SMILES string of the molecule is O=C(COC(=O)CSCc1cccs1)NCCc1cccc(Cl)c1. The van der Waals surface area contributed by atoms with Gasteiger partial charge in [-0.2, -0.15) is 0 Å². The van der Waals surface area contributed by atoms with E-state index in [-0.39, 0.29) is 24.2 Å². The van der Waals surface area contributed by atoms with Crippen LogP contribution in [-0.2, 0) is 26.5 Å². The summed E-state index contributed by atoms with van der Waals surface area (Å²) in [5.41, 5.74) is 1.05. The number of ether oxygens (including phenoxy) is 1. The van der Waals surface area contributed by atoms with Crippen molar-refractivity contribution in [3.63, 3.8) is 0 Å². The summed E-state index contributed by atoms with van der Waals surface area (Å²) in [7, 11) is 0. The summed E-state index contributed by atoms with van der Waals surface area (Å²) >= 11 is 9.03. The molecule has 128 valence electrons. The standard InChI is InChI=1S/C17H18ClNO3S2/c18-14-4-1-3-13(9-14)6-7-19-16(20)10-22-17(21)12-23-11-15-5-2-8-24-15/h1-5,8-9H,6-7,10-12H2,(H,19,20). The second kappa shape index (κ2) is 10.4. The largest absolute Gasteiger partial charge is 0.455 e. The molecule has 0 radical (unpaired) electrons. The van der Waals surface area contributed by atoms with E-state index < -0.39 is 0 Å². The molecular formula is C17H18ClNO3S2. The van der Waals surface area contributed by atoms with Gasteiger partial charge in [-0.15, -0.1) is 23.1 Å². The Morgan fingerprint density at radius 2 is 2.12 bits per heavy atom. The Balaban J connectivity index is 1.54. The minimum absolute atomic E-state index is 0.242. The van der Waals surface area contributed by atoms with Gasteiger partial charge >= 0.3 is 5.97 Å². The highest BCUT2D eigenvalue weighted by molar-refractivity contribution is 7.99. The maximum Gasteiger partial charge on any atom is 0.316 e. The van der Waals surface area contributed by atoms with Gasteiger partial charge in [0, 0.05) is 22.2 Å². The van der Waals surface area contributed by atoms with Gasteiger partial charge in [0.05, 0.1) is 5.75 Å². The molecule has 1 amide bonds. The third-order valence-electron chi connectivity index (χ3n) is 3.03. The molecule has 0 saturated carbocycles. The van der Waals surface area contributed by atoms with E-state index in [9.17, 15) is 9.59 Å². The Morgan fingerprint density at radius 1 is 1.25 bits per heavy atom. The van der Waals surface area contributed by atoms with Gasteiger partial charge in [0.25, 0.3) is 5.91 Å². The Kier molecular flexibility index (Phi) is 8.15. The number of halogens is 1. The van der Waals surface area contributed by atoms with Crippen LogP contribution in [0, 0.1) is 0 Å². The van der Waals surface area contributed by atoms with Crippen molar-refractivity contribution in [1.82, 2.24) is 5.32 Å². The average molecular weight is 384 g/mol. The molecule has 0 aliphatic rings. The van der Waals surface area contributed by atoms with Gasteiger partial charge in [-0.1, -0.05) is 29.8 Å². The molecule has 1 aromatic heterocycles. The zero-order valence-corrected chi connectivity index (χ0v) is 15.4. The fourth-order valence-electron chi connectivity index (χ4n) is 1.91. The van der Waals surface area contributed by atoms with E-state index >= 15 is 0 Å². The first kappa shape index (κ1) is 18.8. The Morgan fingerprint density at radius 3 is 2.88 bits per heavy atom. The summed E-state index contributed by atoms with van der Waals surface area (Å²) in [5, 5.41) is 5.40. The molecular weight excluding hydrogens is 366 g/mol. The number of hydrogen-bond acceptors (Lipinski definition) is 5. The highest BCUT2D eigenvalue weighted by Gasteiger charge is 2.08. The Labute approximate surface area is 154 Å². The molecule has 0 fully saturated rings. The maximum absolute atomic E-state index is 11.6. The van der Waals surface area contributed by atoms with Gasteiger partial charge in [0.2, 0.25) is 0 Å². The molecule has 24 heavy (non-hydrogen) atoms. The number of esters is 1. The maximum atomic E-state index is 11.6. The van der Waals surface area contributed by atoms with Crippen LogP contribution in [0.2, 0.25) is 5.02 Å². The van der Waals surface area contributed by atoms with Crippen molar-refractivity contribution < 1.29 is 14.3 Å². The van der Waals surface area contributed by atoms with E-state index in [2.05, 4.69) is 5.32 Å². The van der Waals surface area contributed by atoms with Gasteiger partial charge in [0.1, 0.15) is 0 Å². The number of amides is 1. The molecule has 0 bridgehead atoms. The van der Waals surface area contributed by atoms with Crippen molar-refractivity contribution in [2.75, 3.05) is 18.9 Å². The van der Waals surface area contributed by atoms with Gasteiger partial charge in [-0.25, -0.2) is 0 Å². The summed E-state index contributed by atoms with van der Waals surface area (Å²) in [4.78, 5) is 24.4. The molecule has 0 aliphatic heterocycles. The first-order chi connectivity index (χ1) is 11.6. The number of carbonyl (C=O) groups excluding carboxylic acids is 2. The molecule has 0 saturated heterocycles. The van der Waals surface area contributed by atoms with E-state index in [1.165, 1.54) is 16.6 Å². The summed E-state index contributed by atoms with van der Waals surface area (Å²) in [6.07, 6.45) is 0.677. The molecule has 0 atom stereocenters. The van der Waals surface area contributed by atoms with Crippen LogP contribution >= 0.6 is 34.7 Å². The van der Waals surface area contributed by atoms with Crippen LogP contribution in [-0.4, -0.2) is 30.8 Å². The smallest absolute Gasteiger partial charge is 0.316 e. The average Bonchev–Trinajstić information content (AvgIpc) is 3.06. The lowest BCUT2D eigenvalue weighted by Gasteiger charge is -2.07. The lowest BCUT2D eigenvalue weighted by molar-refractivity contribution is -0.145. The van der Waals surface area contributed by atoms with Crippen LogP contribution < -0.4 is 5.32 Å². The molecule has 1 heterocycles. The van der Waals surface area contributed by atoms with E-state index in [0.29, 0.717) is 18.0 Å². The number of rotatable bonds is 9. The third kappa shape index (κ3) is 7.38. The minimum Gasteiger partial charge on any atom is -0.455 e. The van der Waals surface area contributed by atoms with Crippen LogP contribution in [0.3, 0.4) is 0 Å². The van der Waals surface area contributed by atoms with Crippen molar-refractivity contribution in [2.24, 2.45) is 0 Å².